The lowest BCUT2D eigenvalue weighted by Crippen LogP contribution is -2.50. The van der Waals surface area contributed by atoms with E-state index >= 15 is 0 Å². The van der Waals surface area contributed by atoms with E-state index in [0.717, 1.165) is 10.8 Å². The molecule has 5 nitrogen and oxygen atoms in total. The molecule has 1 heterocycles. The van der Waals surface area contributed by atoms with E-state index in [1.807, 2.05) is 42.2 Å². The molecule has 2 aromatic carbocycles. The molecule has 0 bridgehead atoms. The highest BCUT2D eigenvalue weighted by atomic mass is 32.2. The van der Waals surface area contributed by atoms with E-state index in [4.69, 9.17) is 5.26 Å². The average Bonchev–Trinajstić information content (AvgIpc) is 2.60. The third kappa shape index (κ3) is 3.08. The zero-order valence-electron chi connectivity index (χ0n) is 13.0. The Bertz CT molecular complexity index is 850. The van der Waals surface area contributed by atoms with Crippen molar-refractivity contribution in [2.75, 3.05) is 26.2 Å². The highest BCUT2D eigenvalue weighted by Gasteiger charge is 2.29. The van der Waals surface area contributed by atoms with Crippen LogP contribution in [0.2, 0.25) is 0 Å². The van der Waals surface area contributed by atoms with Gasteiger partial charge in [0.1, 0.15) is 0 Å². The Hall–Kier alpha value is -1.94. The summed E-state index contributed by atoms with van der Waals surface area (Å²) >= 11 is 0. The number of nitriles is 1. The van der Waals surface area contributed by atoms with E-state index in [1.54, 1.807) is 12.1 Å². The van der Waals surface area contributed by atoms with E-state index in [-0.39, 0.29) is 6.04 Å². The van der Waals surface area contributed by atoms with Gasteiger partial charge in [0.05, 0.1) is 17.0 Å². The normalized spacial score (nSPS) is 18.6. The number of fused-ring (bicyclic) bond motifs is 1. The van der Waals surface area contributed by atoms with Crippen molar-refractivity contribution in [3.05, 3.63) is 42.5 Å². The van der Waals surface area contributed by atoms with Crippen molar-refractivity contribution >= 4 is 20.8 Å². The Morgan fingerprint density at radius 1 is 1.04 bits per heavy atom. The molecule has 1 aliphatic heterocycles. The molecule has 3 rings (SSSR count). The van der Waals surface area contributed by atoms with Crippen molar-refractivity contribution in [2.45, 2.75) is 17.9 Å². The standard InChI is InChI=1S/C17H19N3O2S/c1-14(13-18)19-8-10-20(11-9-19)23(21,22)17-7-6-15-4-2-3-5-16(15)12-17/h2-7,12,14H,8-11H2,1H3/t14-/m1/s1. The first-order valence-corrected chi connectivity index (χ1v) is 9.09. The summed E-state index contributed by atoms with van der Waals surface area (Å²) in [7, 11) is -3.49. The minimum atomic E-state index is -3.49. The van der Waals surface area contributed by atoms with Gasteiger partial charge in [-0.25, -0.2) is 8.42 Å². The number of hydrogen-bond acceptors (Lipinski definition) is 4. The van der Waals surface area contributed by atoms with Gasteiger partial charge in [0.15, 0.2) is 0 Å². The predicted molar refractivity (Wildman–Crippen MR) is 89.4 cm³/mol. The number of nitrogens with zero attached hydrogens (tertiary/aromatic N) is 3. The van der Waals surface area contributed by atoms with Crippen molar-refractivity contribution in [2.24, 2.45) is 0 Å². The van der Waals surface area contributed by atoms with Crippen LogP contribution in [0, 0.1) is 11.3 Å². The van der Waals surface area contributed by atoms with E-state index in [0.29, 0.717) is 31.1 Å². The smallest absolute Gasteiger partial charge is 0.243 e. The summed E-state index contributed by atoms with van der Waals surface area (Å²) in [6.45, 7) is 3.85. The largest absolute Gasteiger partial charge is 0.286 e. The molecule has 0 unspecified atom stereocenters. The molecule has 0 radical (unpaired) electrons. The van der Waals surface area contributed by atoms with Crippen LogP contribution >= 0.6 is 0 Å². The molecule has 0 aromatic heterocycles. The van der Waals surface area contributed by atoms with Gasteiger partial charge in [0, 0.05) is 26.2 Å². The first kappa shape index (κ1) is 15.9. The number of benzene rings is 2. The fraction of sp³-hybridized carbons (Fsp3) is 0.353. The number of hydrogen-bond donors (Lipinski definition) is 0. The summed E-state index contributed by atoms with van der Waals surface area (Å²) < 4.78 is 27.2. The molecule has 1 fully saturated rings. The molecular formula is C17H19N3O2S. The van der Waals surface area contributed by atoms with Crippen molar-refractivity contribution in [3.63, 3.8) is 0 Å². The fourth-order valence-corrected chi connectivity index (χ4v) is 4.35. The number of rotatable bonds is 3. The Balaban J connectivity index is 1.82. The Morgan fingerprint density at radius 2 is 1.70 bits per heavy atom. The van der Waals surface area contributed by atoms with Crippen LogP contribution in [0.25, 0.3) is 10.8 Å². The fourth-order valence-electron chi connectivity index (χ4n) is 2.89. The van der Waals surface area contributed by atoms with Crippen LogP contribution < -0.4 is 0 Å². The summed E-state index contributed by atoms with van der Waals surface area (Å²) in [6.07, 6.45) is 0. The van der Waals surface area contributed by atoms with Gasteiger partial charge in [0.25, 0.3) is 0 Å². The molecule has 1 saturated heterocycles. The van der Waals surface area contributed by atoms with Gasteiger partial charge in [-0.15, -0.1) is 0 Å². The van der Waals surface area contributed by atoms with Gasteiger partial charge in [-0.3, -0.25) is 4.90 Å². The maximum absolute atomic E-state index is 12.8. The van der Waals surface area contributed by atoms with Gasteiger partial charge in [-0.05, 0) is 29.8 Å². The zero-order chi connectivity index (χ0) is 16.4. The van der Waals surface area contributed by atoms with Crippen molar-refractivity contribution < 1.29 is 8.42 Å². The van der Waals surface area contributed by atoms with Crippen LogP contribution in [0.1, 0.15) is 6.92 Å². The molecule has 23 heavy (non-hydrogen) atoms. The molecule has 120 valence electrons. The van der Waals surface area contributed by atoms with Gasteiger partial charge in [-0.2, -0.15) is 9.57 Å². The van der Waals surface area contributed by atoms with Gasteiger partial charge < -0.3 is 0 Å². The summed E-state index contributed by atoms with van der Waals surface area (Å²) in [5.74, 6) is 0. The minimum absolute atomic E-state index is 0.180. The predicted octanol–water partition coefficient (Wildman–Crippen LogP) is 2.06. The quantitative estimate of drug-likeness (QED) is 0.864. The maximum atomic E-state index is 12.8. The lowest BCUT2D eigenvalue weighted by atomic mass is 10.1. The van der Waals surface area contributed by atoms with Gasteiger partial charge in [0.2, 0.25) is 10.0 Å². The number of piperazine rings is 1. The second-order valence-corrected chi connectivity index (χ2v) is 7.69. The molecule has 1 aliphatic rings. The van der Waals surface area contributed by atoms with Crippen LogP contribution in [-0.2, 0) is 10.0 Å². The average molecular weight is 329 g/mol. The monoisotopic (exact) mass is 329 g/mol. The molecule has 2 aromatic rings. The lowest BCUT2D eigenvalue weighted by molar-refractivity contribution is 0.169. The highest BCUT2D eigenvalue weighted by molar-refractivity contribution is 7.89. The van der Waals surface area contributed by atoms with Crippen molar-refractivity contribution in [3.8, 4) is 6.07 Å². The Kier molecular flexibility index (Phi) is 4.35. The van der Waals surface area contributed by atoms with Gasteiger partial charge in [-0.1, -0.05) is 30.3 Å². The van der Waals surface area contributed by atoms with E-state index in [9.17, 15) is 8.42 Å². The molecule has 0 N–H and O–H groups in total. The van der Waals surface area contributed by atoms with Crippen LogP contribution in [0.3, 0.4) is 0 Å². The zero-order valence-corrected chi connectivity index (χ0v) is 13.8. The topological polar surface area (TPSA) is 64.4 Å². The molecule has 1 atom stereocenters. The molecular weight excluding hydrogens is 310 g/mol. The minimum Gasteiger partial charge on any atom is -0.286 e. The molecule has 0 spiro atoms. The maximum Gasteiger partial charge on any atom is 0.243 e. The van der Waals surface area contributed by atoms with E-state index in [2.05, 4.69) is 6.07 Å². The Labute approximate surface area is 136 Å². The molecule has 6 heteroatoms. The first-order valence-electron chi connectivity index (χ1n) is 7.65. The summed E-state index contributed by atoms with van der Waals surface area (Å²) in [5, 5.41) is 10.9. The molecule has 0 saturated carbocycles. The third-order valence-electron chi connectivity index (χ3n) is 4.37. The van der Waals surface area contributed by atoms with Crippen LogP contribution in [-0.4, -0.2) is 49.8 Å². The van der Waals surface area contributed by atoms with Crippen LogP contribution in [0.4, 0.5) is 0 Å². The van der Waals surface area contributed by atoms with Crippen LogP contribution in [0.15, 0.2) is 47.4 Å². The SMILES string of the molecule is C[C@H](C#N)N1CCN(S(=O)(=O)c2ccc3ccccc3c2)CC1. The summed E-state index contributed by atoms with van der Waals surface area (Å²) in [5.41, 5.74) is 0. The molecule has 0 aliphatic carbocycles. The van der Waals surface area contributed by atoms with Crippen molar-refractivity contribution in [1.29, 1.82) is 5.26 Å². The second-order valence-electron chi connectivity index (χ2n) is 5.75. The van der Waals surface area contributed by atoms with E-state index < -0.39 is 10.0 Å². The summed E-state index contributed by atoms with van der Waals surface area (Å²) in [4.78, 5) is 2.34. The lowest BCUT2D eigenvalue weighted by Gasteiger charge is -2.35. The molecule has 0 amide bonds. The third-order valence-corrected chi connectivity index (χ3v) is 6.26. The van der Waals surface area contributed by atoms with Crippen molar-refractivity contribution in [1.82, 2.24) is 9.21 Å². The summed E-state index contributed by atoms with van der Waals surface area (Å²) in [6, 6.07) is 15.0. The highest BCUT2D eigenvalue weighted by Crippen LogP contribution is 2.23. The van der Waals surface area contributed by atoms with E-state index in [1.165, 1.54) is 4.31 Å². The Morgan fingerprint density at radius 3 is 2.35 bits per heavy atom. The van der Waals surface area contributed by atoms with Crippen LogP contribution in [0.5, 0.6) is 0 Å². The van der Waals surface area contributed by atoms with Gasteiger partial charge >= 0.3 is 0 Å². The second kappa shape index (κ2) is 6.28. The first-order chi connectivity index (χ1) is 11.0. The number of sulfonamides is 1.